The number of benzene rings is 2. The number of halogens is 2. The van der Waals surface area contributed by atoms with Crippen molar-refractivity contribution in [1.82, 2.24) is 9.88 Å². The minimum atomic E-state index is -0.581. The molecular formula is C21H22Cl2N4O5S. The molecule has 1 aromatic heterocycles. The quantitative estimate of drug-likeness (QED) is 0.335. The van der Waals surface area contributed by atoms with Gasteiger partial charge in [0.05, 0.1) is 15.1 Å². The van der Waals surface area contributed by atoms with Gasteiger partial charge in [-0.1, -0.05) is 22.9 Å². The fourth-order valence-electron chi connectivity index (χ4n) is 3.38. The number of ether oxygens (including phenoxy) is 2. The van der Waals surface area contributed by atoms with Crippen LogP contribution in [0.5, 0.6) is 11.5 Å². The number of carbonyl (C=O) groups excluding carboxylic acids is 1. The summed E-state index contributed by atoms with van der Waals surface area (Å²) in [7, 11) is 3.88. The summed E-state index contributed by atoms with van der Waals surface area (Å²) in [6.07, 6.45) is 0.658. The van der Waals surface area contributed by atoms with E-state index in [1.807, 2.05) is 25.1 Å². The van der Waals surface area contributed by atoms with Crippen LogP contribution in [0.25, 0.3) is 10.2 Å². The first-order chi connectivity index (χ1) is 15.3. The number of hydrogen-bond donors (Lipinski definition) is 0. The van der Waals surface area contributed by atoms with Gasteiger partial charge in [-0.3, -0.25) is 19.8 Å². The van der Waals surface area contributed by atoms with Crippen molar-refractivity contribution in [3.8, 4) is 11.5 Å². The molecule has 0 spiro atoms. The van der Waals surface area contributed by atoms with Crippen LogP contribution in [0, 0.1) is 10.1 Å². The molecule has 0 fully saturated rings. The molecule has 1 aliphatic rings. The lowest BCUT2D eigenvalue weighted by molar-refractivity contribution is -0.385. The molecule has 1 amide bonds. The van der Waals surface area contributed by atoms with Gasteiger partial charge in [-0.15, -0.1) is 12.4 Å². The minimum Gasteiger partial charge on any atom is -0.486 e. The molecule has 0 bridgehead atoms. The molecule has 0 atom stereocenters. The predicted molar refractivity (Wildman–Crippen MR) is 131 cm³/mol. The minimum absolute atomic E-state index is 0. The van der Waals surface area contributed by atoms with E-state index < -0.39 is 10.8 Å². The first kappa shape index (κ1) is 25.0. The molecule has 3 aromatic rings. The third kappa shape index (κ3) is 5.47. The van der Waals surface area contributed by atoms with Gasteiger partial charge in [0, 0.05) is 29.8 Å². The molecule has 33 heavy (non-hydrogen) atoms. The lowest BCUT2D eigenvalue weighted by Crippen LogP contribution is -2.33. The van der Waals surface area contributed by atoms with E-state index in [4.69, 9.17) is 21.1 Å². The van der Waals surface area contributed by atoms with Crippen LogP contribution < -0.4 is 14.4 Å². The van der Waals surface area contributed by atoms with Crippen molar-refractivity contribution >= 4 is 62.3 Å². The predicted octanol–water partition coefficient (Wildman–Crippen LogP) is 4.65. The molecule has 0 saturated heterocycles. The van der Waals surface area contributed by atoms with Gasteiger partial charge >= 0.3 is 0 Å². The zero-order valence-electron chi connectivity index (χ0n) is 17.9. The number of fused-ring (bicyclic) bond motifs is 2. The Morgan fingerprint density at radius 3 is 2.55 bits per heavy atom. The number of nitro groups is 1. The van der Waals surface area contributed by atoms with E-state index in [0.29, 0.717) is 48.3 Å². The van der Waals surface area contributed by atoms with Crippen LogP contribution in [0.15, 0.2) is 30.3 Å². The highest BCUT2D eigenvalue weighted by Gasteiger charge is 2.28. The first-order valence-electron chi connectivity index (χ1n) is 9.94. The average molecular weight is 513 g/mol. The summed E-state index contributed by atoms with van der Waals surface area (Å²) in [5.74, 6) is 0.723. The molecule has 176 valence electrons. The number of aromatic nitrogens is 1. The number of rotatable bonds is 7. The molecule has 0 radical (unpaired) electrons. The molecular weight excluding hydrogens is 491 g/mol. The summed E-state index contributed by atoms with van der Waals surface area (Å²) in [6.45, 7) is 2.01. The van der Waals surface area contributed by atoms with Crippen molar-refractivity contribution in [2.75, 3.05) is 45.3 Å². The SMILES string of the molecule is CN(C)CCCN(C(=O)c1cc(Cl)ccc1[N+](=O)[O-])c1nc2cc3c(cc2s1)OCCO3.Cl. The Labute approximate surface area is 205 Å². The van der Waals surface area contributed by atoms with E-state index in [9.17, 15) is 14.9 Å². The maximum absolute atomic E-state index is 13.5. The van der Waals surface area contributed by atoms with Crippen LogP contribution in [-0.2, 0) is 0 Å². The zero-order chi connectivity index (χ0) is 22.8. The Morgan fingerprint density at radius 1 is 1.18 bits per heavy atom. The lowest BCUT2D eigenvalue weighted by atomic mass is 10.1. The zero-order valence-corrected chi connectivity index (χ0v) is 20.3. The second-order valence-corrected chi connectivity index (χ2v) is 8.94. The topological polar surface area (TPSA) is 98.0 Å². The summed E-state index contributed by atoms with van der Waals surface area (Å²) in [4.78, 5) is 32.6. The second-order valence-electron chi connectivity index (χ2n) is 7.49. The first-order valence-corrected chi connectivity index (χ1v) is 11.1. The Kier molecular flexibility index (Phi) is 7.96. The van der Waals surface area contributed by atoms with Gasteiger partial charge < -0.3 is 14.4 Å². The standard InChI is InChI=1S/C21H21ClN4O5S.ClH/c1-24(2)6-3-7-25(20(27)14-10-13(22)4-5-16(14)26(28)29)21-23-15-11-17-18(12-19(15)32-21)31-9-8-30-17;/h4-5,10-12H,3,6-9H2,1-2H3;1H. The van der Waals surface area contributed by atoms with Crippen LogP contribution in [0.4, 0.5) is 10.8 Å². The van der Waals surface area contributed by atoms with Crippen LogP contribution in [0.1, 0.15) is 16.8 Å². The van der Waals surface area contributed by atoms with Crippen molar-refractivity contribution in [3.63, 3.8) is 0 Å². The summed E-state index contributed by atoms with van der Waals surface area (Å²) >= 11 is 7.38. The molecule has 4 rings (SSSR count). The molecule has 2 aromatic carbocycles. The third-order valence-electron chi connectivity index (χ3n) is 4.89. The van der Waals surface area contributed by atoms with Crippen LogP contribution in [0.3, 0.4) is 0 Å². The van der Waals surface area contributed by atoms with E-state index in [1.165, 1.54) is 34.4 Å². The van der Waals surface area contributed by atoms with Crippen molar-refractivity contribution in [3.05, 3.63) is 51.0 Å². The third-order valence-corrected chi connectivity index (χ3v) is 6.17. The Balaban J connectivity index is 0.00000306. The maximum Gasteiger partial charge on any atom is 0.282 e. The molecule has 1 aliphatic heterocycles. The summed E-state index contributed by atoms with van der Waals surface area (Å²) in [5.41, 5.74) is 0.299. The average Bonchev–Trinajstić information content (AvgIpc) is 3.16. The summed E-state index contributed by atoms with van der Waals surface area (Å²) in [6, 6.07) is 7.60. The van der Waals surface area contributed by atoms with Crippen molar-refractivity contribution < 1.29 is 19.2 Å². The Morgan fingerprint density at radius 2 is 1.88 bits per heavy atom. The highest BCUT2D eigenvalue weighted by molar-refractivity contribution is 7.22. The number of anilines is 1. The van der Waals surface area contributed by atoms with Gasteiger partial charge in [0.1, 0.15) is 18.8 Å². The molecule has 2 heterocycles. The summed E-state index contributed by atoms with van der Waals surface area (Å²) in [5, 5.41) is 12.2. The van der Waals surface area contributed by atoms with E-state index >= 15 is 0 Å². The smallest absolute Gasteiger partial charge is 0.282 e. The van der Waals surface area contributed by atoms with Gasteiger partial charge in [0.25, 0.3) is 11.6 Å². The van der Waals surface area contributed by atoms with Gasteiger partial charge in [0.15, 0.2) is 16.6 Å². The number of thiazole rings is 1. The molecule has 0 unspecified atom stereocenters. The fourth-order valence-corrected chi connectivity index (χ4v) is 4.55. The van der Waals surface area contributed by atoms with E-state index in [2.05, 4.69) is 4.98 Å². The lowest BCUT2D eigenvalue weighted by Gasteiger charge is -2.21. The van der Waals surface area contributed by atoms with Crippen LogP contribution >= 0.6 is 35.3 Å². The van der Waals surface area contributed by atoms with Crippen molar-refractivity contribution in [2.24, 2.45) is 0 Å². The monoisotopic (exact) mass is 512 g/mol. The number of hydrogen-bond acceptors (Lipinski definition) is 8. The maximum atomic E-state index is 13.5. The van der Waals surface area contributed by atoms with Crippen LogP contribution in [-0.4, -0.2) is 61.1 Å². The molecule has 0 saturated carbocycles. The Hall–Kier alpha value is -2.66. The van der Waals surface area contributed by atoms with Crippen molar-refractivity contribution in [2.45, 2.75) is 6.42 Å². The van der Waals surface area contributed by atoms with Crippen LogP contribution in [0.2, 0.25) is 5.02 Å². The number of nitro benzene ring substituents is 1. The Bertz CT molecular complexity index is 1140. The van der Waals surface area contributed by atoms with E-state index in [1.54, 1.807) is 6.07 Å². The normalized spacial score (nSPS) is 12.5. The second kappa shape index (κ2) is 10.5. The summed E-state index contributed by atoms with van der Waals surface area (Å²) < 4.78 is 12.1. The molecule has 0 aliphatic carbocycles. The molecule has 12 heteroatoms. The highest BCUT2D eigenvalue weighted by Crippen LogP contribution is 2.39. The number of carbonyl (C=O) groups is 1. The molecule has 0 N–H and O–H groups in total. The molecule has 9 nitrogen and oxygen atoms in total. The van der Waals surface area contributed by atoms with Gasteiger partial charge in [-0.2, -0.15) is 0 Å². The largest absolute Gasteiger partial charge is 0.486 e. The van der Waals surface area contributed by atoms with E-state index in [-0.39, 0.29) is 28.7 Å². The van der Waals surface area contributed by atoms with Crippen molar-refractivity contribution in [1.29, 1.82) is 0 Å². The van der Waals surface area contributed by atoms with E-state index in [0.717, 1.165) is 11.2 Å². The van der Waals surface area contributed by atoms with Gasteiger partial charge in [-0.05, 0) is 39.2 Å². The van der Waals surface area contributed by atoms with Gasteiger partial charge in [-0.25, -0.2) is 4.98 Å². The number of nitrogens with zero attached hydrogens (tertiary/aromatic N) is 4. The van der Waals surface area contributed by atoms with Gasteiger partial charge in [0.2, 0.25) is 0 Å². The highest BCUT2D eigenvalue weighted by atomic mass is 35.5. The fraction of sp³-hybridized carbons (Fsp3) is 0.333. The number of amides is 1.